The fourth-order valence-electron chi connectivity index (χ4n) is 2.12. The Morgan fingerprint density at radius 2 is 1.86 bits per heavy atom. The molecule has 0 aliphatic rings. The molecule has 0 aromatic heterocycles. The van der Waals surface area contributed by atoms with Crippen molar-refractivity contribution in [3.05, 3.63) is 70.0 Å². The molecule has 110 valence electrons. The molecule has 0 unspecified atom stereocenters. The molecule has 6 heteroatoms. The quantitative estimate of drug-likeness (QED) is 0.656. The Morgan fingerprint density at radius 3 is 2.48 bits per heavy atom. The first kappa shape index (κ1) is 14.9. The topological polar surface area (TPSA) is 66.6 Å². The molecule has 2 aromatic carbocycles. The summed E-state index contributed by atoms with van der Waals surface area (Å²) >= 11 is 0. The van der Waals surface area contributed by atoms with Crippen LogP contribution in [-0.2, 0) is 6.54 Å². The van der Waals surface area contributed by atoms with Gasteiger partial charge in [0.25, 0.3) is 5.69 Å². The van der Waals surface area contributed by atoms with Gasteiger partial charge in [0.05, 0.1) is 23.6 Å². The third kappa shape index (κ3) is 3.55. The van der Waals surface area contributed by atoms with Gasteiger partial charge in [-0.3, -0.25) is 10.1 Å². The van der Waals surface area contributed by atoms with E-state index in [1.165, 1.54) is 18.2 Å². The first-order valence-electron chi connectivity index (χ1n) is 6.46. The third-order valence-electron chi connectivity index (χ3n) is 3.13. The van der Waals surface area contributed by atoms with Gasteiger partial charge < -0.3 is 10.0 Å². The van der Waals surface area contributed by atoms with Crippen LogP contribution in [0.5, 0.6) is 0 Å². The Labute approximate surface area is 121 Å². The number of aliphatic hydroxyl groups excluding tert-OH is 1. The van der Waals surface area contributed by atoms with Crippen LogP contribution >= 0.6 is 0 Å². The highest BCUT2D eigenvalue weighted by atomic mass is 19.1. The third-order valence-corrected chi connectivity index (χ3v) is 3.13. The average Bonchev–Trinajstić information content (AvgIpc) is 2.49. The van der Waals surface area contributed by atoms with Crippen molar-refractivity contribution >= 4 is 11.4 Å². The van der Waals surface area contributed by atoms with E-state index in [4.69, 9.17) is 5.11 Å². The summed E-state index contributed by atoms with van der Waals surface area (Å²) in [6.45, 7) is 0.153. The van der Waals surface area contributed by atoms with Gasteiger partial charge in [-0.1, -0.05) is 24.3 Å². The van der Waals surface area contributed by atoms with Crippen LogP contribution in [0.25, 0.3) is 0 Å². The molecule has 2 rings (SSSR count). The predicted octanol–water partition coefficient (Wildman–Crippen LogP) is 2.73. The maximum atomic E-state index is 13.9. The summed E-state index contributed by atoms with van der Waals surface area (Å²) in [5.74, 6) is -0.622. The smallest absolute Gasteiger partial charge is 0.277 e. The maximum Gasteiger partial charge on any atom is 0.277 e. The fraction of sp³-hybridized carbons (Fsp3) is 0.200. The molecular formula is C15H15FN2O3. The van der Waals surface area contributed by atoms with Crippen molar-refractivity contribution in [2.24, 2.45) is 0 Å². The molecule has 0 fully saturated rings. The van der Waals surface area contributed by atoms with Gasteiger partial charge in [-0.05, 0) is 18.2 Å². The zero-order valence-corrected chi connectivity index (χ0v) is 11.3. The average molecular weight is 290 g/mol. The molecular weight excluding hydrogens is 275 g/mol. The first-order chi connectivity index (χ1) is 10.1. The zero-order chi connectivity index (χ0) is 15.2. The predicted molar refractivity (Wildman–Crippen MR) is 77.6 cm³/mol. The Hall–Kier alpha value is -2.47. The Morgan fingerprint density at radius 1 is 1.14 bits per heavy atom. The van der Waals surface area contributed by atoms with E-state index in [2.05, 4.69) is 0 Å². The molecule has 0 heterocycles. The Balaban J connectivity index is 2.36. The lowest BCUT2D eigenvalue weighted by Crippen LogP contribution is -2.27. The standard InChI is InChI=1S/C15H15FN2O3/c16-14-7-4-8-15(18(20)21)13(14)11-17(9-10-19)12-5-2-1-3-6-12/h1-8,19H,9-11H2. The number of nitro benzene ring substituents is 1. The van der Waals surface area contributed by atoms with E-state index < -0.39 is 10.7 Å². The number of para-hydroxylation sites is 1. The highest BCUT2D eigenvalue weighted by molar-refractivity contribution is 5.50. The number of nitro groups is 1. The van der Waals surface area contributed by atoms with E-state index in [0.29, 0.717) is 0 Å². The van der Waals surface area contributed by atoms with Gasteiger partial charge in [0.15, 0.2) is 0 Å². The molecule has 0 radical (unpaired) electrons. The zero-order valence-electron chi connectivity index (χ0n) is 11.3. The van der Waals surface area contributed by atoms with Gasteiger partial charge in [-0.2, -0.15) is 0 Å². The van der Waals surface area contributed by atoms with Crippen molar-refractivity contribution in [2.75, 3.05) is 18.1 Å². The van der Waals surface area contributed by atoms with E-state index >= 15 is 0 Å². The summed E-state index contributed by atoms with van der Waals surface area (Å²) in [4.78, 5) is 12.1. The summed E-state index contributed by atoms with van der Waals surface area (Å²) < 4.78 is 13.9. The van der Waals surface area contributed by atoms with E-state index in [-0.39, 0.29) is 30.9 Å². The van der Waals surface area contributed by atoms with Crippen molar-refractivity contribution < 1.29 is 14.4 Å². The van der Waals surface area contributed by atoms with Gasteiger partial charge in [0.2, 0.25) is 0 Å². The van der Waals surface area contributed by atoms with E-state index in [1.807, 2.05) is 30.3 Å². The van der Waals surface area contributed by atoms with Crippen molar-refractivity contribution in [3.63, 3.8) is 0 Å². The maximum absolute atomic E-state index is 13.9. The number of halogens is 1. The number of aliphatic hydroxyl groups is 1. The molecule has 0 bridgehead atoms. The fourth-order valence-corrected chi connectivity index (χ4v) is 2.12. The van der Waals surface area contributed by atoms with Crippen molar-refractivity contribution in [1.82, 2.24) is 0 Å². The highest BCUT2D eigenvalue weighted by Crippen LogP contribution is 2.25. The number of nitrogens with zero attached hydrogens (tertiary/aromatic N) is 2. The molecule has 5 nitrogen and oxygen atoms in total. The molecule has 1 N–H and O–H groups in total. The monoisotopic (exact) mass is 290 g/mol. The second-order valence-electron chi connectivity index (χ2n) is 4.48. The van der Waals surface area contributed by atoms with Gasteiger partial charge in [-0.25, -0.2) is 4.39 Å². The van der Waals surface area contributed by atoms with Crippen molar-refractivity contribution in [2.45, 2.75) is 6.54 Å². The molecule has 21 heavy (non-hydrogen) atoms. The minimum Gasteiger partial charge on any atom is -0.395 e. The molecule has 0 atom stereocenters. The summed E-state index contributed by atoms with van der Waals surface area (Å²) in [6, 6.07) is 12.9. The van der Waals surface area contributed by atoms with Crippen LogP contribution in [0.4, 0.5) is 15.8 Å². The normalized spacial score (nSPS) is 10.4. The summed E-state index contributed by atoms with van der Waals surface area (Å²) in [6.07, 6.45) is 0. The van der Waals surface area contributed by atoms with E-state index in [0.717, 1.165) is 5.69 Å². The lowest BCUT2D eigenvalue weighted by molar-refractivity contribution is -0.385. The van der Waals surface area contributed by atoms with E-state index in [9.17, 15) is 14.5 Å². The molecule has 0 saturated carbocycles. The molecule has 0 aliphatic heterocycles. The number of anilines is 1. The second-order valence-corrected chi connectivity index (χ2v) is 4.48. The first-order valence-corrected chi connectivity index (χ1v) is 6.46. The number of hydrogen-bond acceptors (Lipinski definition) is 4. The summed E-state index contributed by atoms with van der Waals surface area (Å²) in [5.41, 5.74) is 0.526. The van der Waals surface area contributed by atoms with Crippen LogP contribution < -0.4 is 4.90 Å². The van der Waals surface area contributed by atoms with Crippen LogP contribution in [0.3, 0.4) is 0 Å². The Bertz CT molecular complexity index is 620. The highest BCUT2D eigenvalue weighted by Gasteiger charge is 2.20. The molecule has 0 aliphatic carbocycles. The van der Waals surface area contributed by atoms with Crippen LogP contribution in [0, 0.1) is 15.9 Å². The van der Waals surface area contributed by atoms with Gasteiger partial charge in [0, 0.05) is 18.3 Å². The van der Waals surface area contributed by atoms with E-state index in [1.54, 1.807) is 4.90 Å². The second kappa shape index (κ2) is 6.81. The SMILES string of the molecule is O=[N+]([O-])c1cccc(F)c1CN(CCO)c1ccccc1. The number of rotatable bonds is 6. The molecule has 2 aromatic rings. The van der Waals surface area contributed by atoms with Crippen LogP contribution in [0.2, 0.25) is 0 Å². The van der Waals surface area contributed by atoms with Gasteiger partial charge in [-0.15, -0.1) is 0 Å². The summed E-state index contributed by atoms with van der Waals surface area (Å²) in [7, 11) is 0. The minimum atomic E-state index is -0.622. The number of benzene rings is 2. The Kier molecular flexibility index (Phi) is 4.84. The molecule has 0 spiro atoms. The number of hydrogen-bond donors (Lipinski definition) is 1. The molecule has 0 saturated heterocycles. The summed E-state index contributed by atoms with van der Waals surface area (Å²) in [5, 5.41) is 20.2. The van der Waals surface area contributed by atoms with Crippen LogP contribution in [0.15, 0.2) is 48.5 Å². The van der Waals surface area contributed by atoms with Crippen molar-refractivity contribution in [3.8, 4) is 0 Å². The minimum absolute atomic E-state index is 0.0137. The van der Waals surface area contributed by atoms with Crippen LogP contribution in [-0.4, -0.2) is 23.2 Å². The van der Waals surface area contributed by atoms with Gasteiger partial charge >= 0.3 is 0 Å². The van der Waals surface area contributed by atoms with Crippen molar-refractivity contribution in [1.29, 1.82) is 0 Å². The van der Waals surface area contributed by atoms with Gasteiger partial charge in [0.1, 0.15) is 5.82 Å². The lowest BCUT2D eigenvalue weighted by Gasteiger charge is -2.24. The largest absolute Gasteiger partial charge is 0.395 e. The molecule has 0 amide bonds. The van der Waals surface area contributed by atoms with Crippen LogP contribution in [0.1, 0.15) is 5.56 Å². The lowest BCUT2D eigenvalue weighted by atomic mass is 10.1.